The first-order valence-corrected chi connectivity index (χ1v) is 10.2. The SMILES string of the molecule is NCc1cccc(-c2cc(-c3ccnn3C(F)F)c3cnn(-c4cccc(CO)n4)c3c2)n1. The van der Waals surface area contributed by atoms with Crippen LogP contribution in [0.5, 0.6) is 0 Å². The summed E-state index contributed by atoms with van der Waals surface area (Å²) in [6.07, 6.45) is 2.94. The zero-order valence-electron chi connectivity index (χ0n) is 17.3. The van der Waals surface area contributed by atoms with Gasteiger partial charge in [0, 0.05) is 29.3 Å². The molecule has 10 heteroatoms. The number of aliphatic hydroxyl groups is 1. The third-order valence-corrected chi connectivity index (χ3v) is 5.30. The largest absolute Gasteiger partial charge is 0.390 e. The normalized spacial score (nSPS) is 11.5. The van der Waals surface area contributed by atoms with E-state index in [1.54, 1.807) is 35.1 Å². The van der Waals surface area contributed by atoms with E-state index in [1.165, 1.54) is 12.3 Å². The summed E-state index contributed by atoms with van der Waals surface area (Å²) >= 11 is 0. The van der Waals surface area contributed by atoms with E-state index < -0.39 is 6.55 Å². The van der Waals surface area contributed by atoms with Crippen LogP contribution in [-0.4, -0.2) is 34.6 Å². The highest BCUT2D eigenvalue weighted by atomic mass is 19.3. The number of hydrogen-bond acceptors (Lipinski definition) is 6. The average Bonchev–Trinajstić information content (AvgIpc) is 3.51. The first-order chi connectivity index (χ1) is 16.1. The van der Waals surface area contributed by atoms with Crippen molar-refractivity contribution in [1.82, 2.24) is 29.5 Å². The van der Waals surface area contributed by atoms with Gasteiger partial charge < -0.3 is 10.8 Å². The molecule has 0 saturated heterocycles. The van der Waals surface area contributed by atoms with Crippen molar-refractivity contribution < 1.29 is 13.9 Å². The molecule has 0 fully saturated rings. The van der Waals surface area contributed by atoms with Crippen LogP contribution in [0.25, 0.3) is 39.2 Å². The van der Waals surface area contributed by atoms with Crippen LogP contribution in [0, 0.1) is 0 Å². The van der Waals surface area contributed by atoms with Crippen molar-refractivity contribution >= 4 is 10.9 Å². The summed E-state index contributed by atoms with van der Waals surface area (Å²) in [5, 5.41) is 18.4. The van der Waals surface area contributed by atoms with Crippen LogP contribution < -0.4 is 5.73 Å². The Kier molecular flexibility index (Phi) is 5.37. The van der Waals surface area contributed by atoms with Gasteiger partial charge in [0.05, 0.1) is 41.1 Å². The number of rotatable bonds is 6. The maximum absolute atomic E-state index is 13.6. The van der Waals surface area contributed by atoms with E-state index in [9.17, 15) is 13.9 Å². The van der Waals surface area contributed by atoms with Crippen LogP contribution in [0.15, 0.2) is 67.0 Å². The van der Waals surface area contributed by atoms with Gasteiger partial charge in [-0.2, -0.15) is 19.0 Å². The van der Waals surface area contributed by atoms with E-state index in [4.69, 9.17) is 5.73 Å². The number of nitrogens with two attached hydrogens (primary N) is 1. The molecular weight excluding hydrogens is 428 g/mol. The van der Waals surface area contributed by atoms with E-state index >= 15 is 0 Å². The molecule has 0 radical (unpaired) electrons. The molecular formula is C23H19F2N7O. The first kappa shape index (κ1) is 20.9. The molecule has 0 bridgehead atoms. The van der Waals surface area contributed by atoms with Gasteiger partial charge in [0.1, 0.15) is 0 Å². The second kappa shape index (κ2) is 8.49. The topological polar surface area (TPSA) is 108 Å². The van der Waals surface area contributed by atoms with E-state index in [2.05, 4.69) is 20.2 Å². The Morgan fingerprint density at radius 1 is 0.970 bits per heavy atom. The van der Waals surface area contributed by atoms with Gasteiger partial charge in [0.25, 0.3) is 0 Å². The number of nitrogens with zero attached hydrogens (tertiary/aromatic N) is 6. The summed E-state index contributed by atoms with van der Waals surface area (Å²) in [6.45, 7) is -2.74. The predicted molar refractivity (Wildman–Crippen MR) is 118 cm³/mol. The third kappa shape index (κ3) is 3.75. The highest BCUT2D eigenvalue weighted by Gasteiger charge is 2.20. The fourth-order valence-electron chi connectivity index (χ4n) is 3.78. The summed E-state index contributed by atoms with van der Waals surface area (Å²) < 4.78 is 29.6. The van der Waals surface area contributed by atoms with Gasteiger partial charge in [-0.1, -0.05) is 12.1 Å². The number of pyridine rings is 2. The zero-order chi connectivity index (χ0) is 22.9. The Morgan fingerprint density at radius 3 is 2.58 bits per heavy atom. The van der Waals surface area contributed by atoms with Gasteiger partial charge in [-0.05, 0) is 42.5 Å². The minimum absolute atomic E-state index is 0.215. The van der Waals surface area contributed by atoms with Crippen molar-refractivity contribution in [3.8, 4) is 28.3 Å². The lowest BCUT2D eigenvalue weighted by molar-refractivity contribution is 0.0585. The van der Waals surface area contributed by atoms with Crippen molar-refractivity contribution in [1.29, 1.82) is 0 Å². The van der Waals surface area contributed by atoms with Crippen LogP contribution >= 0.6 is 0 Å². The zero-order valence-corrected chi connectivity index (χ0v) is 17.3. The molecule has 0 unspecified atom stereocenters. The molecule has 0 aliphatic carbocycles. The molecule has 0 spiro atoms. The number of aliphatic hydroxyl groups excluding tert-OH is 1. The van der Waals surface area contributed by atoms with Crippen molar-refractivity contribution in [2.75, 3.05) is 0 Å². The average molecular weight is 447 g/mol. The molecule has 0 aliphatic heterocycles. The molecule has 4 heterocycles. The third-order valence-electron chi connectivity index (χ3n) is 5.30. The highest BCUT2D eigenvalue weighted by Crippen LogP contribution is 2.35. The number of alkyl halides is 2. The minimum atomic E-state index is -2.80. The Balaban J connectivity index is 1.80. The summed E-state index contributed by atoms with van der Waals surface area (Å²) in [4.78, 5) is 9.02. The fraction of sp³-hybridized carbons (Fsp3) is 0.130. The molecule has 33 heavy (non-hydrogen) atoms. The molecule has 4 aromatic heterocycles. The first-order valence-electron chi connectivity index (χ1n) is 10.2. The second-order valence-electron chi connectivity index (χ2n) is 7.32. The smallest absolute Gasteiger partial charge is 0.333 e. The van der Waals surface area contributed by atoms with Crippen molar-refractivity contribution in [2.45, 2.75) is 19.7 Å². The van der Waals surface area contributed by atoms with E-state index in [1.807, 2.05) is 24.3 Å². The van der Waals surface area contributed by atoms with Crippen molar-refractivity contribution in [2.24, 2.45) is 5.73 Å². The summed E-state index contributed by atoms with van der Waals surface area (Å²) in [5.74, 6) is 0.491. The molecule has 1 aromatic carbocycles. The van der Waals surface area contributed by atoms with Gasteiger partial charge in [-0.15, -0.1) is 0 Å². The van der Waals surface area contributed by atoms with E-state index in [-0.39, 0.29) is 18.8 Å². The minimum Gasteiger partial charge on any atom is -0.390 e. The number of aromatic nitrogens is 6. The van der Waals surface area contributed by atoms with Crippen molar-refractivity contribution in [3.05, 3.63) is 78.4 Å². The molecule has 0 saturated carbocycles. The molecule has 0 aliphatic rings. The molecule has 5 rings (SSSR count). The van der Waals surface area contributed by atoms with Gasteiger partial charge in [0.15, 0.2) is 5.82 Å². The number of benzene rings is 1. The number of hydrogen-bond donors (Lipinski definition) is 2. The van der Waals surface area contributed by atoms with E-state index in [0.717, 1.165) is 0 Å². The standard InChI is InChI=1S/C23H19F2N7O/c24-23(25)32-20(7-8-27-32)17-9-14(19-5-1-3-15(11-26)29-19)10-21-18(17)12-28-31(21)22-6-2-4-16(13-33)30-22/h1-10,12,23,33H,11,13,26H2. The summed E-state index contributed by atoms with van der Waals surface area (Å²) in [5.41, 5.74) is 9.73. The summed E-state index contributed by atoms with van der Waals surface area (Å²) in [6, 6.07) is 15.9. The van der Waals surface area contributed by atoms with Crippen molar-refractivity contribution in [3.63, 3.8) is 0 Å². The fourth-order valence-corrected chi connectivity index (χ4v) is 3.78. The maximum atomic E-state index is 13.6. The van der Waals surface area contributed by atoms with Crippen LogP contribution in [0.2, 0.25) is 0 Å². The van der Waals surface area contributed by atoms with Crippen LogP contribution in [0.3, 0.4) is 0 Å². The Morgan fingerprint density at radius 2 is 1.79 bits per heavy atom. The lowest BCUT2D eigenvalue weighted by Gasteiger charge is -2.12. The van der Waals surface area contributed by atoms with Gasteiger partial charge in [-0.3, -0.25) is 4.98 Å². The van der Waals surface area contributed by atoms with Crippen LogP contribution in [0.4, 0.5) is 8.78 Å². The quantitative estimate of drug-likeness (QED) is 0.411. The van der Waals surface area contributed by atoms with Crippen LogP contribution in [0.1, 0.15) is 17.9 Å². The highest BCUT2D eigenvalue weighted by molar-refractivity contribution is 5.98. The maximum Gasteiger partial charge on any atom is 0.333 e. The lowest BCUT2D eigenvalue weighted by atomic mass is 10.0. The molecule has 8 nitrogen and oxygen atoms in total. The molecule has 0 atom stereocenters. The Bertz CT molecular complexity index is 1440. The molecule has 5 aromatic rings. The summed E-state index contributed by atoms with van der Waals surface area (Å²) in [7, 11) is 0. The van der Waals surface area contributed by atoms with Gasteiger partial charge in [-0.25, -0.2) is 14.3 Å². The lowest BCUT2D eigenvalue weighted by Crippen LogP contribution is -2.04. The van der Waals surface area contributed by atoms with Crippen LogP contribution in [-0.2, 0) is 13.2 Å². The predicted octanol–water partition coefficient (Wildman–Crippen LogP) is 3.69. The number of halogens is 2. The Labute approximate surface area is 186 Å². The molecule has 166 valence electrons. The molecule has 0 amide bonds. The number of fused-ring (bicyclic) bond motifs is 1. The van der Waals surface area contributed by atoms with E-state index in [0.29, 0.717) is 49.6 Å². The monoisotopic (exact) mass is 447 g/mol. The molecule has 3 N–H and O–H groups in total. The second-order valence-corrected chi connectivity index (χ2v) is 7.32. The van der Waals surface area contributed by atoms with Gasteiger partial charge in [0.2, 0.25) is 0 Å². The van der Waals surface area contributed by atoms with Gasteiger partial charge >= 0.3 is 6.55 Å². The Hall–Kier alpha value is -4.02.